The van der Waals surface area contributed by atoms with Crippen molar-refractivity contribution in [2.24, 2.45) is 12.0 Å². The van der Waals surface area contributed by atoms with Gasteiger partial charge in [-0.3, -0.25) is 9.98 Å². The van der Waals surface area contributed by atoms with Crippen molar-refractivity contribution < 1.29 is 17.9 Å². The minimum absolute atomic E-state index is 0.0974. The maximum Gasteiger partial charge on any atom is 0.410 e. The topological polar surface area (TPSA) is 82.8 Å². The lowest BCUT2D eigenvalue weighted by molar-refractivity contribution is -0.147. The van der Waals surface area contributed by atoms with Gasteiger partial charge in [-0.25, -0.2) is 4.98 Å². The van der Waals surface area contributed by atoms with Crippen LogP contribution in [0.3, 0.4) is 0 Å². The van der Waals surface area contributed by atoms with Crippen molar-refractivity contribution in [1.82, 2.24) is 24.8 Å². The van der Waals surface area contributed by atoms with Crippen molar-refractivity contribution in [2.45, 2.75) is 12.2 Å². The van der Waals surface area contributed by atoms with Crippen LogP contribution in [0.2, 0.25) is 0 Å². The van der Waals surface area contributed by atoms with Crippen molar-refractivity contribution in [3.63, 3.8) is 0 Å². The van der Waals surface area contributed by atoms with Crippen LogP contribution < -0.4 is 20.3 Å². The molecule has 1 fully saturated rings. The lowest BCUT2D eigenvalue weighted by Gasteiger charge is -2.34. The molecule has 12 heteroatoms. The molecule has 0 aliphatic carbocycles. The van der Waals surface area contributed by atoms with E-state index in [2.05, 4.69) is 61.7 Å². The molecule has 0 saturated carbocycles. The van der Waals surface area contributed by atoms with Crippen molar-refractivity contribution >= 4 is 34.2 Å². The molecule has 40 heavy (non-hydrogen) atoms. The monoisotopic (exact) mass is 550 g/mol. The van der Waals surface area contributed by atoms with E-state index < -0.39 is 12.2 Å². The summed E-state index contributed by atoms with van der Waals surface area (Å²) in [4.78, 5) is 17.6. The Morgan fingerprint density at radius 2 is 1.70 bits per heavy atom. The summed E-state index contributed by atoms with van der Waals surface area (Å²) < 4.78 is 47.0. The van der Waals surface area contributed by atoms with Crippen molar-refractivity contribution in [3.05, 3.63) is 66.5 Å². The van der Waals surface area contributed by atoms with Crippen LogP contribution in [0.15, 0.2) is 65.8 Å². The lowest BCUT2D eigenvalue weighted by atomic mass is 10.2. The number of pyridine rings is 1. The number of ether oxygens (including phenoxy) is 1. The molecular weight excluding hydrogens is 521 g/mol. The fraction of sp³-hybridized carbons (Fsp3) is 0.321. The predicted molar refractivity (Wildman–Crippen MR) is 149 cm³/mol. The highest BCUT2D eigenvalue weighted by molar-refractivity contribution is 5.98. The molecule has 4 heterocycles. The van der Waals surface area contributed by atoms with Crippen molar-refractivity contribution in [2.75, 3.05) is 50.0 Å². The molecule has 0 bridgehead atoms. The number of hydrogen-bond donors (Lipinski definition) is 2. The standard InChI is InChI=1S/C28H29F3N8O/c1-37-11-13-39(14-12-37)19-5-3-18(4-6-19)34-27-35-22-15-20(7-8-24(22)38(27)2)40-21-9-10-32-23(16-21)26-33-17-25(36-26)28(29,30)31/h3-10,15-16,25H,11-14,17H2,1-2H3,(H,33,36)(H,34,35). The molecule has 9 nitrogen and oxygen atoms in total. The molecule has 2 aliphatic rings. The molecule has 1 atom stereocenters. The van der Waals surface area contributed by atoms with Crippen LogP contribution in [-0.2, 0) is 7.05 Å². The molecule has 0 radical (unpaired) electrons. The highest BCUT2D eigenvalue weighted by Crippen LogP contribution is 2.29. The Morgan fingerprint density at radius 3 is 2.42 bits per heavy atom. The number of halogens is 3. The number of aromatic nitrogens is 3. The van der Waals surface area contributed by atoms with Crippen molar-refractivity contribution in [1.29, 1.82) is 0 Å². The number of nitrogens with zero attached hydrogens (tertiary/aromatic N) is 6. The summed E-state index contributed by atoms with van der Waals surface area (Å²) in [6, 6.07) is 15.4. The van der Waals surface area contributed by atoms with Gasteiger partial charge in [-0.15, -0.1) is 0 Å². The van der Waals surface area contributed by atoms with Crippen molar-refractivity contribution in [3.8, 4) is 11.5 Å². The number of alkyl halides is 3. The summed E-state index contributed by atoms with van der Waals surface area (Å²) in [5.74, 6) is 1.76. The number of piperazine rings is 1. The molecule has 0 spiro atoms. The normalized spacial score (nSPS) is 18.1. The van der Waals surface area contributed by atoms with E-state index in [0.29, 0.717) is 17.4 Å². The Labute approximate surface area is 229 Å². The van der Waals surface area contributed by atoms with Gasteiger partial charge >= 0.3 is 6.18 Å². The first-order chi connectivity index (χ1) is 19.2. The van der Waals surface area contributed by atoms with Gasteiger partial charge in [-0.2, -0.15) is 13.2 Å². The minimum Gasteiger partial charge on any atom is -0.457 e. The third-order valence-electron chi connectivity index (χ3n) is 7.19. The number of nitrogens with one attached hydrogen (secondary N) is 2. The van der Waals surface area contributed by atoms with Gasteiger partial charge in [-0.05, 0) is 49.5 Å². The first kappa shape index (κ1) is 25.9. The van der Waals surface area contributed by atoms with E-state index in [1.54, 1.807) is 12.1 Å². The van der Waals surface area contributed by atoms with E-state index in [4.69, 9.17) is 9.72 Å². The summed E-state index contributed by atoms with van der Waals surface area (Å²) in [6.07, 6.45) is -2.90. The molecule has 208 valence electrons. The average molecular weight is 551 g/mol. The number of amidine groups is 1. The van der Waals surface area contributed by atoms with Crippen LogP contribution in [0.1, 0.15) is 5.69 Å². The van der Waals surface area contributed by atoms with E-state index in [9.17, 15) is 13.2 Å². The van der Waals surface area contributed by atoms with Crippen LogP contribution in [-0.4, -0.2) is 77.3 Å². The van der Waals surface area contributed by atoms with Gasteiger partial charge in [0.15, 0.2) is 0 Å². The highest BCUT2D eigenvalue weighted by atomic mass is 19.4. The maximum atomic E-state index is 13.0. The lowest BCUT2D eigenvalue weighted by Crippen LogP contribution is -2.44. The van der Waals surface area contributed by atoms with Crippen LogP contribution in [0.5, 0.6) is 11.5 Å². The Bertz CT molecular complexity index is 1540. The van der Waals surface area contributed by atoms with E-state index >= 15 is 0 Å². The van der Waals surface area contributed by atoms with Gasteiger partial charge in [0.05, 0.1) is 17.6 Å². The Morgan fingerprint density at radius 1 is 0.950 bits per heavy atom. The smallest absolute Gasteiger partial charge is 0.410 e. The number of hydrogen-bond acceptors (Lipinski definition) is 8. The molecule has 2 aromatic carbocycles. The highest BCUT2D eigenvalue weighted by Gasteiger charge is 2.42. The third kappa shape index (κ3) is 5.39. The number of fused-ring (bicyclic) bond motifs is 1. The van der Waals surface area contributed by atoms with Gasteiger partial charge < -0.3 is 29.7 Å². The average Bonchev–Trinajstić information content (AvgIpc) is 3.56. The first-order valence-electron chi connectivity index (χ1n) is 13.0. The second kappa shape index (κ2) is 10.3. The molecule has 1 saturated heterocycles. The van der Waals surface area contributed by atoms with E-state index in [0.717, 1.165) is 42.9 Å². The van der Waals surface area contributed by atoms with Gasteiger partial charge in [0.25, 0.3) is 0 Å². The van der Waals surface area contributed by atoms with Gasteiger partial charge in [0.1, 0.15) is 29.1 Å². The van der Waals surface area contributed by atoms with Gasteiger partial charge in [-0.1, -0.05) is 0 Å². The quantitative estimate of drug-likeness (QED) is 0.365. The summed E-state index contributed by atoms with van der Waals surface area (Å²) in [5, 5.41) is 5.79. The van der Waals surface area contributed by atoms with Crippen LogP contribution in [0.25, 0.3) is 11.0 Å². The van der Waals surface area contributed by atoms with E-state index in [1.807, 2.05) is 29.8 Å². The van der Waals surface area contributed by atoms with Gasteiger partial charge in [0.2, 0.25) is 5.95 Å². The maximum absolute atomic E-state index is 13.0. The summed E-state index contributed by atoms with van der Waals surface area (Å²) >= 11 is 0. The van der Waals surface area contributed by atoms with E-state index in [1.165, 1.54) is 11.9 Å². The molecule has 2 N–H and O–H groups in total. The number of aliphatic imine (C=N–C) groups is 1. The number of anilines is 3. The number of benzene rings is 2. The number of rotatable bonds is 6. The molecule has 0 amide bonds. The number of likely N-dealkylation sites (N-methyl/N-ethyl adjacent to an activating group) is 1. The van der Waals surface area contributed by atoms with Gasteiger partial charge in [0, 0.05) is 62.9 Å². The fourth-order valence-corrected chi connectivity index (χ4v) is 4.82. The Hall–Kier alpha value is -4.32. The zero-order chi connectivity index (χ0) is 27.9. The summed E-state index contributed by atoms with van der Waals surface area (Å²) in [5.41, 5.74) is 4.09. The summed E-state index contributed by atoms with van der Waals surface area (Å²) in [7, 11) is 4.09. The summed E-state index contributed by atoms with van der Waals surface area (Å²) in [6.45, 7) is 3.77. The minimum atomic E-state index is -4.38. The first-order valence-corrected chi connectivity index (χ1v) is 13.0. The Balaban J connectivity index is 1.14. The van der Waals surface area contributed by atoms with Crippen LogP contribution >= 0.6 is 0 Å². The SMILES string of the molecule is CN1CCN(c2ccc(Nc3nc4cc(Oc5ccnc(C6=NCC(C(F)(F)F)N6)c5)ccc4n3C)cc2)CC1. The number of imidazole rings is 1. The molecular formula is C28H29F3N8O. The number of aryl methyl sites for hydroxylation is 1. The Kier molecular flexibility index (Phi) is 6.70. The zero-order valence-corrected chi connectivity index (χ0v) is 22.1. The largest absolute Gasteiger partial charge is 0.457 e. The second-order valence-corrected chi connectivity index (χ2v) is 10.0. The van der Waals surface area contributed by atoms with Crippen LogP contribution in [0, 0.1) is 0 Å². The van der Waals surface area contributed by atoms with E-state index in [-0.39, 0.29) is 18.1 Å². The fourth-order valence-electron chi connectivity index (χ4n) is 4.82. The molecule has 1 unspecified atom stereocenters. The third-order valence-corrected chi connectivity index (χ3v) is 7.19. The molecule has 6 rings (SSSR count). The second-order valence-electron chi connectivity index (χ2n) is 10.0. The van der Waals surface area contributed by atoms with Crippen LogP contribution in [0.4, 0.5) is 30.5 Å². The molecule has 2 aliphatic heterocycles. The predicted octanol–water partition coefficient (Wildman–Crippen LogP) is 4.54. The molecule has 2 aromatic heterocycles. The molecule has 4 aromatic rings. The zero-order valence-electron chi connectivity index (χ0n) is 22.1.